The van der Waals surface area contributed by atoms with E-state index in [1.807, 2.05) is 23.9 Å². The van der Waals surface area contributed by atoms with Crippen LogP contribution < -0.4 is 0 Å². The summed E-state index contributed by atoms with van der Waals surface area (Å²) in [5.41, 5.74) is 1.00. The Labute approximate surface area is 68.6 Å². The number of nitrogens with zero attached hydrogens (tertiary/aromatic N) is 3. The average Bonchev–Trinajstić information content (AvgIpc) is 2.35. The summed E-state index contributed by atoms with van der Waals surface area (Å²) in [6.07, 6.45) is 3.63. The minimum atomic E-state index is 0.461. The summed E-state index contributed by atoms with van der Waals surface area (Å²) in [5, 5.41) is 8.87. The van der Waals surface area contributed by atoms with Crippen molar-refractivity contribution in [3.05, 3.63) is 23.6 Å². The first-order chi connectivity index (χ1) is 5.29. The number of aryl methyl sites for hydroxylation is 1. The highest BCUT2D eigenvalue weighted by molar-refractivity contribution is 6.33. The van der Waals surface area contributed by atoms with Crippen molar-refractivity contribution in [1.82, 2.24) is 14.8 Å². The monoisotopic (exact) mass is 167 g/mol. The molecule has 0 radical (unpaired) electrons. The molecule has 3 nitrogen and oxygen atoms in total. The molecule has 0 aliphatic rings. The summed E-state index contributed by atoms with van der Waals surface area (Å²) in [5.74, 6) is 0. The van der Waals surface area contributed by atoms with Gasteiger partial charge in [-0.25, -0.2) is 0 Å². The molecular weight excluding hydrogens is 162 g/mol. The highest BCUT2D eigenvalue weighted by Gasteiger charge is 2.01. The molecule has 0 bridgehead atoms. The van der Waals surface area contributed by atoms with Crippen LogP contribution >= 0.6 is 11.6 Å². The molecule has 0 saturated carbocycles. The second-order valence-corrected chi connectivity index (χ2v) is 2.72. The lowest BCUT2D eigenvalue weighted by Gasteiger charge is -1.93. The molecule has 0 N–H and O–H groups in total. The second-order valence-electron chi connectivity index (χ2n) is 2.36. The van der Waals surface area contributed by atoms with Gasteiger partial charge in [0.25, 0.3) is 0 Å². The molecule has 0 aromatic carbocycles. The van der Waals surface area contributed by atoms with E-state index < -0.39 is 0 Å². The highest BCUT2D eigenvalue weighted by atomic mass is 35.5. The van der Waals surface area contributed by atoms with Crippen molar-refractivity contribution >= 4 is 22.5 Å². The molecule has 0 amide bonds. The number of rotatable bonds is 0. The predicted molar refractivity (Wildman–Crippen MR) is 43.5 cm³/mol. The SMILES string of the molecule is Cn1ccc2c(Cl)nncc21. The van der Waals surface area contributed by atoms with Gasteiger partial charge in [-0.05, 0) is 6.07 Å². The van der Waals surface area contributed by atoms with Crippen LogP contribution in [0.15, 0.2) is 18.5 Å². The molecule has 0 atom stereocenters. The zero-order valence-electron chi connectivity index (χ0n) is 5.95. The Bertz CT molecular complexity index is 393. The summed E-state index contributed by atoms with van der Waals surface area (Å²) in [7, 11) is 1.94. The van der Waals surface area contributed by atoms with Crippen LogP contribution in [0, 0.1) is 0 Å². The topological polar surface area (TPSA) is 30.7 Å². The molecule has 2 aromatic heterocycles. The van der Waals surface area contributed by atoms with Crippen LogP contribution in [0.2, 0.25) is 5.15 Å². The summed E-state index contributed by atoms with van der Waals surface area (Å²) in [6, 6.07) is 1.92. The van der Waals surface area contributed by atoms with Crippen molar-refractivity contribution in [2.45, 2.75) is 0 Å². The predicted octanol–water partition coefficient (Wildman–Crippen LogP) is 1.62. The third kappa shape index (κ3) is 0.886. The van der Waals surface area contributed by atoms with E-state index >= 15 is 0 Å². The van der Waals surface area contributed by atoms with Crippen molar-refractivity contribution in [3.63, 3.8) is 0 Å². The van der Waals surface area contributed by atoms with Gasteiger partial charge >= 0.3 is 0 Å². The molecule has 4 heteroatoms. The normalized spacial score (nSPS) is 10.7. The molecule has 0 aliphatic heterocycles. The molecule has 56 valence electrons. The minimum absolute atomic E-state index is 0.461. The number of fused-ring (bicyclic) bond motifs is 1. The Morgan fingerprint density at radius 1 is 1.55 bits per heavy atom. The van der Waals surface area contributed by atoms with E-state index in [0.29, 0.717) is 5.15 Å². The lowest BCUT2D eigenvalue weighted by molar-refractivity contribution is 0.952. The van der Waals surface area contributed by atoms with E-state index in [4.69, 9.17) is 11.6 Å². The van der Waals surface area contributed by atoms with E-state index in [0.717, 1.165) is 10.9 Å². The molecule has 11 heavy (non-hydrogen) atoms. The van der Waals surface area contributed by atoms with E-state index in [1.54, 1.807) is 6.20 Å². The molecule has 0 fully saturated rings. The zero-order valence-corrected chi connectivity index (χ0v) is 6.71. The van der Waals surface area contributed by atoms with Crippen molar-refractivity contribution in [1.29, 1.82) is 0 Å². The van der Waals surface area contributed by atoms with Crippen molar-refractivity contribution in [3.8, 4) is 0 Å². The standard InChI is InChI=1S/C7H6ClN3/c1-11-3-2-5-6(11)4-9-10-7(5)8/h2-4H,1H3. The van der Waals surface area contributed by atoms with Gasteiger partial charge in [0.2, 0.25) is 0 Å². The molecule has 2 rings (SSSR count). The summed E-state index contributed by atoms with van der Waals surface area (Å²) in [6.45, 7) is 0. The Balaban J connectivity index is 2.94. The van der Waals surface area contributed by atoms with Crippen LogP contribution in [0.4, 0.5) is 0 Å². The van der Waals surface area contributed by atoms with E-state index in [-0.39, 0.29) is 0 Å². The van der Waals surface area contributed by atoms with Gasteiger partial charge < -0.3 is 4.57 Å². The van der Waals surface area contributed by atoms with E-state index in [1.165, 1.54) is 0 Å². The van der Waals surface area contributed by atoms with Gasteiger partial charge in [0.1, 0.15) is 0 Å². The number of hydrogen-bond acceptors (Lipinski definition) is 2. The molecule has 0 unspecified atom stereocenters. The van der Waals surface area contributed by atoms with Crippen LogP contribution in [0.25, 0.3) is 10.9 Å². The van der Waals surface area contributed by atoms with Gasteiger partial charge in [-0.15, -0.1) is 5.10 Å². The first-order valence-electron chi connectivity index (χ1n) is 3.21. The van der Waals surface area contributed by atoms with Crippen molar-refractivity contribution in [2.24, 2.45) is 7.05 Å². The molecule has 0 spiro atoms. The van der Waals surface area contributed by atoms with Crippen LogP contribution in [0.5, 0.6) is 0 Å². The maximum atomic E-state index is 5.78. The van der Waals surface area contributed by atoms with Crippen LogP contribution in [-0.2, 0) is 7.05 Å². The Hall–Kier alpha value is -1.09. The Morgan fingerprint density at radius 2 is 2.36 bits per heavy atom. The third-order valence-electron chi connectivity index (χ3n) is 1.67. The lowest BCUT2D eigenvalue weighted by Crippen LogP contribution is -1.87. The summed E-state index contributed by atoms with van der Waals surface area (Å²) < 4.78 is 1.95. The molecule has 2 aromatic rings. The van der Waals surface area contributed by atoms with Gasteiger partial charge in [0.15, 0.2) is 5.15 Å². The molecular formula is C7H6ClN3. The first-order valence-corrected chi connectivity index (χ1v) is 3.59. The first kappa shape index (κ1) is 6.61. The number of aromatic nitrogens is 3. The van der Waals surface area contributed by atoms with Gasteiger partial charge in [0.05, 0.1) is 11.7 Å². The fourth-order valence-electron chi connectivity index (χ4n) is 1.07. The largest absolute Gasteiger partial charge is 0.349 e. The summed E-state index contributed by atoms with van der Waals surface area (Å²) >= 11 is 5.78. The smallest absolute Gasteiger partial charge is 0.161 e. The van der Waals surface area contributed by atoms with Crippen LogP contribution in [0.1, 0.15) is 0 Å². The average molecular weight is 168 g/mol. The molecule has 0 saturated heterocycles. The van der Waals surface area contributed by atoms with E-state index in [2.05, 4.69) is 10.2 Å². The van der Waals surface area contributed by atoms with Gasteiger partial charge in [-0.3, -0.25) is 0 Å². The van der Waals surface area contributed by atoms with Crippen molar-refractivity contribution < 1.29 is 0 Å². The van der Waals surface area contributed by atoms with Crippen molar-refractivity contribution in [2.75, 3.05) is 0 Å². The summed E-state index contributed by atoms with van der Waals surface area (Å²) in [4.78, 5) is 0. The molecule has 0 aliphatic carbocycles. The maximum Gasteiger partial charge on any atom is 0.161 e. The Kier molecular flexibility index (Phi) is 1.32. The minimum Gasteiger partial charge on any atom is -0.349 e. The lowest BCUT2D eigenvalue weighted by atomic mass is 10.4. The van der Waals surface area contributed by atoms with E-state index in [9.17, 15) is 0 Å². The Morgan fingerprint density at radius 3 is 3.09 bits per heavy atom. The quantitative estimate of drug-likeness (QED) is 0.597. The van der Waals surface area contributed by atoms with Crippen LogP contribution in [-0.4, -0.2) is 14.8 Å². The zero-order chi connectivity index (χ0) is 7.84. The number of hydrogen-bond donors (Lipinski definition) is 0. The fourth-order valence-corrected chi connectivity index (χ4v) is 1.27. The second kappa shape index (κ2) is 2.20. The third-order valence-corrected chi connectivity index (χ3v) is 1.95. The fraction of sp³-hybridized carbons (Fsp3) is 0.143. The number of halogens is 1. The molecule has 2 heterocycles. The van der Waals surface area contributed by atoms with Gasteiger partial charge in [0, 0.05) is 18.6 Å². The highest BCUT2D eigenvalue weighted by Crippen LogP contribution is 2.19. The van der Waals surface area contributed by atoms with Gasteiger partial charge in [-0.1, -0.05) is 11.6 Å². The van der Waals surface area contributed by atoms with Crippen LogP contribution in [0.3, 0.4) is 0 Å². The maximum absolute atomic E-state index is 5.78. The van der Waals surface area contributed by atoms with Gasteiger partial charge in [-0.2, -0.15) is 5.10 Å².